The van der Waals surface area contributed by atoms with Crippen molar-refractivity contribution in [2.24, 2.45) is 7.05 Å². The minimum Gasteiger partial charge on any atom is -0.338 e. The molecule has 2 aromatic carbocycles. The number of carbonyl (C=O) groups is 1. The van der Waals surface area contributed by atoms with E-state index in [9.17, 15) is 4.79 Å². The lowest BCUT2D eigenvalue weighted by molar-refractivity contribution is 0.103. The molecule has 100 valence electrons. The van der Waals surface area contributed by atoms with Crippen LogP contribution in [0.15, 0.2) is 59.6 Å². The first-order chi connectivity index (χ1) is 9.74. The molecule has 1 heterocycles. The van der Waals surface area contributed by atoms with Gasteiger partial charge in [-0.1, -0.05) is 48.5 Å². The number of rotatable bonds is 3. The first-order valence-electron chi connectivity index (χ1n) is 6.45. The minimum atomic E-state index is 0.0896. The summed E-state index contributed by atoms with van der Waals surface area (Å²) in [5.74, 6) is 0.0896. The van der Waals surface area contributed by atoms with E-state index in [1.807, 2.05) is 61.8 Å². The van der Waals surface area contributed by atoms with Crippen LogP contribution in [0.1, 0.15) is 15.9 Å². The van der Waals surface area contributed by atoms with Crippen LogP contribution in [0.25, 0.3) is 10.9 Å². The van der Waals surface area contributed by atoms with Crippen molar-refractivity contribution in [1.82, 2.24) is 4.57 Å². The lowest BCUT2D eigenvalue weighted by atomic mass is 10.0. The van der Waals surface area contributed by atoms with Crippen LogP contribution in [-0.4, -0.2) is 16.6 Å². The first-order valence-corrected chi connectivity index (χ1v) is 7.67. The van der Waals surface area contributed by atoms with Gasteiger partial charge in [0, 0.05) is 23.5 Å². The molecule has 0 aliphatic heterocycles. The van der Waals surface area contributed by atoms with E-state index in [1.54, 1.807) is 11.8 Å². The van der Waals surface area contributed by atoms with Crippen LogP contribution in [-0.2, 0) is 7.05 Å². The molecule has 2 nitrogen and oxygen atoms in total. The van der Waals surface area contributed by atoms with Gasteiger partial charge in [-0.25, -0.2) is 0 Å². The third-order valence-corrected chi connectivity index (χ3v) is 4.37. The smallest absolute Gasteiger partial charge is 0.196 e. The van der Waals surface area contributed by atoms with E-state index < -0.39 is 0 Å². The maximum Gasteiger partial charge on any atom is 0.196 e. The molecule has 0 aliphatic carbocycles. The monoisotopic (exact) mass is 281 g/mol. The Bertz CT molecular complexity index is 774. The SMILES string of the molecule is CSc1c(C(=O)c2ccccc2)c2ccccc2n1C. The Morgan fingerprint density at radius 1 is 1.00 bits per heavy atom. The van der Waals surface area contributed by atoms with Gasteiger partial charge >= 0.3 is 0 Å². The molecule has 0 amide bonds. The highest BCUT2D eigenvalue weighted by atomic mass is 32.2. The number of nitrogens with zero attached hydrogens (tertiary/aromatic N) is 1. The van der Waals surface area contributed by atoms with Crippen LogP contribution in [0.3, 0.4) is 0 Å². The fraction of sp³-hybridized carbons (Fsp3) is 0.118. The molecule has 0 saturated heterocycles. The molecule has 3 heteroatoms. The van der Waals surface area contributed by atoms with Crippen LogP contribution in [0.4, 0.5) is 0 Å². The van der Waals surface area contributed by atoms with Gasteiger partial charge in [0.05, 0.1) is 10.6 Å². The standard InChI is InChI=1S/C17H15NOS/c1-18-14-11-7-6-10-13(14)15(17(18)20-2)16(19)12-8-4-3-5-9-12/h3-11H,1-2H3. The minimum absolute atomic E-state index is 0.0896. The average molecular weight is 281 g/mol. The summed E-state index contributed by atoms with van der Waals surface area (Å²) in [6.07, 6.45) is 2.01. The zero-order valence-electron chi connectivity index (χ0n) is 11.5. The number of aromatic nitrogens is 1. The quantitative estimate of drug-likeness (QED) is 0.532. The largest absolute Gasteiger partial charge is 0.338 e. The van der Waals surface area contributed by atoms with Crippen LogP contribution >= 0.6 is 11.8 Å². The molecule has 0 aliphatic rings. The highest BCUT2D eigenvalue weighted by Crippen LogP contribution is 2.32. The number of hydrogen-bond acceptors (Lipinski definition) is 2. The van der Waals surface area contributed by atoms with Gasteiger partial charge < -0.3 is 4.57 Å². The van der Waals surface area contributed by atoms with Gasteiger partial charge in [-0.3, -0.25) is 4.79 Å². The third kappa shape index (κ3) is 1.95. The topological polar surface area (TPSA) is 22.0 Å². The summed E-state index contributed by atoms with van der Waals surface area (Å²) in [5, 5.41) is 2.04. The van der Waals surface area contributed by atoms with Crippen LogP contribution < -0.4 is 0 Å². The molecule has 0 atom stereocenters. The zero-order valence-corrected chi connectivity index (χ0v) is 12.3. The third-order valence-electron chi connectivity index (χ3n) is 3.51. The van der Waals surface area contributed by atoms with Crippen LogP contribution in [0.2, 0.25) is 0 Å². The molecule has 0 bridgehead atoms. The van der Waals surface area contributed by atoms with Crippen molar-refractivity contribution in [1.29, 1.82) is 0 Å². The van der Waals surface area contributed by atoms with Crippen LogP contribution in [0.5, 0.6) is 0 Å². The molecule has 0 unspecified atom stereocenters. The number of hydrogen-bond donors (Lipinski definition) is 0. The molecule has 3 aromatic rings. The number of carbonyl (C=O) groups excluding carboxylic acids is 1. The summed E-state index contributed by atoms with van der Waals surface area (Å²) < 4.78 is 2.09. The predicted octanol–water partition coefficient (Wildman–Crippen LogP) is 4.13. The zero-order chi connectivity index (χ0) is 14.1. The normalized spacial score (nSPS) is 10.9. The fourth-order valence-corrected chi connectivity index (χ4v) is 3.34. The summed E-state index contributed by atoms with van der Waals surface area (Å²) in [6.45, 7) is 0. The van der Waals surface area contributed by atoms with E-state index in [-0.39, 0.29) is 5.78 Å². The van der Waals surface area contributed by atoms with Gasteiger partial charge in [-0.05, 0) is 12.3 Å². The Morgan fingerprint density at radius 2 is 1.65 bits per heavy atom. The van der Waals surface area contributed by atoms with E-state index in [4.69, 9.17) is 0 Å². The van der Waals surface area contributed by atoms with Crippen molar-refractivity contribution >= 4 is 28.4 Å². The average Bonchev–Trinajstić information content (AvgIpc) is 2.80. The summed E-state index contributed by atoms with van der Waals surface area (Å²) in [5.41, 5.74) is 2.64. The second-order valence-corrected chi connectivity index (χ2v) is 5.45. The maximum atomic E-state index is 12.8. The van der Waals surface area contributed by atoms with Gasteiger partial charge in [-0.2, -0.15) is 0 Å². The highest BCUT2D eigenvalue weighted by molar-refractivity contribution is 7.98. The number of aryl methyl sites for hydroxylation is 1. The number of para-hydroxylation sites is 1. The van der Waals surface area contributed by atoms with Gasteiger partial charge in [0.15, 0.2) is 5.78 Å². The van der Waals surface area contributed by atoms with Crippen molar-refractivity contribution in [2.45, 2.75) is 5.03 Å². The lowest BCUT2D eigenvalue weighted by Gasteiger charge is -2.04. The number of benzene rings is 2. The Labute approximate surface area is 122 Å². The van der Waals surface area contributed by atoms with Gasteiger partial charge in [0.25, 0.3) is 0 Å². The van der Waals surface area contributed by atoms with Crippen molar-refractivity contribution in [3.63, 3.8) is 0 Å². The van der Waals surface area contributed by atoms with Crippen molar-refractivity contribution in [3.05, 3.63) is 65.7 Å². The van der Waals surface area contributed by atoms with E-state index in [1.165, 1.54) is 0 Å². The summed E-state index contributed by atoms with van der Waals surface area (Å²) >= 11 is 1.61. The second-order valence-electron chi connectivity index (χ2n) is 4.66. The Morgan fingerprint density at radius 3 is 2.35 bits per heavy atom. The Hall–Kier alpha value is -2.00. The molecule has 0 N–H and O–H groups in total. The van der Waals surface area contributed by atoms with Crippen LogP contribution in [0, 0.1) is 0 Å². The first kappa shape index (κ1) is 13.0. The predicted molar refractivity (Wildman–Crippen MR) is 84.6 cm³/mol. The fourth-order valence-electron chi connectivity index (χ4n) is 2.56. The van der Waals surface area contributed by atoms with E-state index in [2.05, 4.69) is 10.6 Å². The molecule has 0 radical (unpaired) electrons. The Kier molecular flexibility index (Phi) is 3.36. The molecule has 0 saturated carbocycles. The van der Waals surface area contributed by atoms with Crippen molar-refractivity contribution in [3.8, 4) is 0 Å². The molecule has 3 rings (SSSR count). The molecular formula is C17H15NOS. The van der Waals surface area contributed by atoms with E-state index in [0.29, 0.717) is 0 Å². The van der Waals surface area contributed by atoms with E-state index in [0.717, 1.165) is 27.1 Å². The molecular weight excluding hydrogens is 266 g/mol. The number of thioether (sulfide) groups is 1. The lowest BCUT2D eigenvalue weighted by Crippen LogP contribution is -2.02. The maximum absolute atomic E-state index is 12.8. The van der Waals surface area contributed by atoms with E-state index >= 15 is 0 Å². The summed E-state index contributed by atoms with van der Waals surface area (Å²) in [6, 6.07) is 17.5. The summed E-state index contributed by atoms with van der Waals surface area (Å²) in [4.78, 5) is 12.8. The van der Waals surface area contributed by atoms with Gasteiger partial charge in [0.2, 0.25) is 0 Å². The Balaban J connectivity index is 2.28. The summed E-state index contributed by atoms with van der Waals surface area (Å²) in [7, 11) is 2.01. The second kappa shape index (κ2) is 5.17. The van der Waals surface area contributed by atoms with Gasteiger partial charge in [-0.15, -0.1) is 11.8 Å². The number of ketones is 1. The highest BCUT2D eigenvalue weighted by Gasteiger charge is 2.21. The molecule has 0 fully saturated rings. The number of fused-ring (bicyclic) bond motifs is 1. The molecule has 20 heavy (non-hydrogen) atoms. The van der Waals surface area contributed by atoms with Crippen molar-refractivity contribution < 1.29 is 4.79 Å². The van der Waals surface area contributed by atoms with Crippen molar-refractivity contribution in [2.75, 3.05) is 6.26 Å². The molecule has 0 spiro atoms. The molecule has 1 aromatic heterocycles. The van der Waals surface area contributed by atoms with Gasteiger partial charge in [0.1, 0.15) is 0 Å².